The van der Waals surface area contributed by atoms with Crippen LogP contribution in [0.25, 0.3) is 0 Å². The molecule has 0 radical (unpaired) electrons. The van der Waals surface area contributed by atoms with Crippen LogP contribution in [-0.2, 0) is 22.7 Å². The number of carbonyl (C=O) groups is 2. The number of nitrogens with one attached hydrogen (secondary N) is 2. The second-order valence-corrected chi connectivity index (χ2v) is 14.0. The molecule has 45 heavy (non-hydrogen) atoms. The lowest BCUT2D eigenvalue weighted by atomic mass is 9.89. The van der Waals surface area contributed by atoms with Gasteiger partial charge in [-0.15, -0.1) is 22.7 Å². The molecule has 10 heteroatoms. The lowest BCUT2D eigenvalue weighted by Gasteiger charge is -2.31. The maximum absolute atomic E-state index is 11.4. The van der Waals surface area contributed by atoms with Crippen LogP contribution >= 0.6 is 22.7 Å². The fourth-order valence-corrected chi connectivity index (χ4v) is 7.75. The quantitative estimate of drug-likeness (QED) is 0.198. The van der Waals surface area contributed by atoms with Crippen molar-refractivity contribution >= 4 is 44.8 Å². The van der Waals surface area contributed by atoms with Crippen LogP contribution in [0, 0.1) is 0 Å². The molecule has 2 aliphatic heterocycles. The predicted octanol–water partition coefficient (Wildman–Crippen LogP) is 7.35. The van der Waals surface area contributed by atoms with E-state index in [2.05, 4.69) is 91.1 Å². The van der Waals surface area contributed by atoms with Gasteiger partial charge in [-0.3, -0.25) is 19.4 Å². The number of thiazole rings is 2. The number of anilines is 2. The summed E-state index contributed by atoms with van der Waals surface area (Å²) in [5.41, 5.74) is 2.93. The molecular weight excluding hydrogens is 601 g/mol. The first-order valence-corrected chi connectivity index (χ1v) is 17.6. The van der Waals surface area contributed by atoms with E-state index in [1.807, 2.05) is 19.3 Å². The van der Waals surface area contributed by atoms with Gasteiger partial charge in [0.25, 0.3) is 0 Å². The summed E-state index contributed by atoms with van der Waals surface area (Å²) in [6, 6.07) is 21.6. The normalized spacial score (nSPS) is 16.5. The zero-order chi connectivity index (χ0) is 31.4. The van der Waals surface area contributed by atoms with Crippen LogP contribution in [0.5, 0.6) is 0 Å². The van der Waals surface area contributed by atoms with Crippen LogP contribution in [0.4, 0.5) is 10.3 Å². The number of aromatic nitrogens is 2. The standard InChI is InChI=1S/C18H23N3OS.C17H21N3OS/c1-2-17(22)20-18-19-12-16(23-18)13-21-10-8-15(9-11-21)14-6-4-3-5-7-14;1-13(21)19-17-18-11-16(22-17)12-20-9-7-15(8-10-20)14-5-3-2-4-6-14/h3-7,12,15H,2,8-11,13H2,1H3,(H,19,20,22);2-6,11,15H,7-10,12H2,1H3,(H,18,19,21). The zero-order valence-electron chi connectivity index (χ0n) is 26.3. The minimum absolute atomic E-state index is 0.0228. The number of carbonyl (C=O) groups excluding carboxylic acids is 2. The third-order valence-electron chi connectivity index (χ3n) is 8.43. The van der Waals surface area contributed by atoms with Gasteiger partial charge in [0, 0.05) is 48.6 Å². The van der Waals surface area contributed by atoms with Crippen LogP contribution in [0.1, 0.15) is 78.7 Å². The van der Waals surface area contributed by atoms with Crippen LogP contribution in [0.15, 0.2) is 73.1 Å². The Balaban J connectivity index is 0.000000178. The highest BCUT2D eigenvalue weighted by Crippen LogP contribution is 2.31. The fraction of sp³-hybridized carbons (Fsp3) is 0.429. The number of likely N-dealkylation sites (tertiary alicyclic amines) is 2. The highest BCUT2D eigenvalue weighted by atomic mass is 32.1. The molecule has 0 spiro atoms. The Morgan fingerprint density at radius 3 is 1.53 bits per heavy atom. The van der Waals surface area contributed by atoms with Crippen molar-refractivity contribution in [2.75, 3.05) is 36.8 Å². The summed E-state index contributed by atoms with van der Waals surface area (Å²) in [7, 11) is 0. The van der Waals surface area contributed by atoms with Gasteiger partial charge in [0.2, 0.25) is 11.8 Å². The maximum atomic E-state index is 11.4. The summed E-state index contributed by atoms with van der Waals surface area (Å²) in [5.74, 6) is 1.33. The van der Waals surface area contributed by atoms with Gasteiger partial charge in [0.15, 0.2) is 10.3 Å². The van der Waals surface area contributed by atoms with Crippen molar-refractivity contribution in [3.63, 3.8) is 0 Å². The minimum atomic E-state index is -0.0652. The van der Waals surface area contributed by atoms with Gasteiger partial charge in [-0.05, 0) is 74.8 Å². The first kappa shape index (κ1) is 32.9. The largest absolute Gasteiger partial charge is 0.302 e. The molecule has 2 aromatic heterocycles. The molecule has 2 saturated heterocycles. The van der Waals surface area contributed by atoms with Gasteiger partial charge in [0.05, 0.1) is 0 Å². The molecule has 2 fully saturated rings. The summed E-state index contributed by atoms with van der Waals surface area (Å²) in [4.78, 5) is 38.3. The molecule has 2 amide bonds. The summed E-state index contributed by atoms with van der Waals surface area (Å²) < 4.78 is 0. The molecule has 2 aromatic carbocycles. The second-order valence-electron chi connectivity index (χ2n) is 11.8. The number of hydrogen-bond donors (Lipinski definition) is 2. The lowest BCUT2D eigenvalue weighted by molar-refractivity contribution is -0.116. The number of piperidine rings is 2. The van der Waals surface area contributed by atoms with E-state index in [0.717, 1.165) is 39.3 Å². The Hall–Kier alpha value is -3.44. The van der Waals surface area contributed by atoms with Crippen LogP contribution in [0.3, 0.4) is 0 Å². The predicted molar refractivity (Wildman–Crippen MR) is 185 cm³/mol. The van der Waals surface area contributed by atoms with Crippen molar-refractivity contribution in [2.24, 2.45) is 0 Å². The fourth-order valence-electron chi connectivity index (χ4n) is 5.98. The number of rotatable bonds is 9. The first-order valence-electron chi connectivity index (χ1n) is 16.0. The van der Waals surface area contributed by atoms with E-state index in [1.54, 1.807) is 22.7 Å². The summed E-state index contributed by atoms with van der Waals surface area (Å²) in [6.45, 7) is 9.69. The van der Waals surface area contributed by atoms with E-state index in [1.165, 1.54) is 53.5 Å². The number of nitrogens with zero attached hydrogens (tertiary/aromatic N) is 4. The molecule has 0 atom stereocenters. The van der Waals surface area contributed by atoms with Crippen molar-refractivity contribution < 1.29 is 9.59 Å². The smallest absolute Gasteiger partial charge is 0.225 e. The Labute approximate surface area is 274 Å². The number of amides is 2. The van der Waals surface area contributed by atoms with E-state index in [4.69, 9.17) is 0 Å². The Morgan fingerprint density at radius 1 is 0.711 bits per heavy atom. The topological polar surface area (TPSA) is 90.5 Å². The highest BCUT2D eigenvalue weighted by molar-refractivity contribution is 7.16. The second kappa shape index (κ2) is 16.7. The molecule has 8 nitrogen and oxygen atoms in total. The molecule has 0 unspecified atom stereocenters. The maximum Gasteiger partial charge on any atom is 0.225 e. The van der Waals surface area contributed by atoms with Crippen LogP contribution in [0.2, 0.25) is 0 Å². The minimum Gasteiger partial charge on any atom is -0.302 e. The molecule has 238 valence electrons. The highest BCUT2D eigenvalue weighted by Gasteiger charge is 2.22. The monoisotopic (exact) mass is 644 g/mol. The Bertz CT molecular complexity index is 1480. The first-order chi connectivity index (χ1) is 21.9. The van der Waals surface area contributed by atoms with Crippen molar-refractivity contribution in [1.29, 1.82) is 0 Å². The van der Waals surface area contributed by atoms with E-state index in [9.17, 15) is 9.59 Å². The molecular formula is C35H44N6O2S2. The summed E-state index contributed by atoms with van der Waals surface area (Å²) >= 11 is 3.15. The molecule has 0 bridgehead atoms. The van der Waals surface area contributed by atoms with Crippen LogP contribution in [-0.4, -0.2) is 57.8 Å². The van der Waals surface area contributed by atoms with Crippen molar-refractivity contribution in [2.45, 2.75) is 70.9 Å². The van der Waals surface area contributed by atoms with Crippen LogP contribution < -0.4 is 10.6 Å². The van der Waals surface area contributed by atoms with Crippen molar-refractivity contribution in [1.82, 2.24) is 19.8 Å². The van der Waals surface area contributed by atoms with Gasteiger partial charge in [-0.1, -0.05) is 67.6 Å². The molecule has 0 aliphatic carbocycles. The van der Waals surface area contributed by atoms with Crippen molar-refractivity contribution in [3.05, 3.63) is 93.9 Å². The average molecular weight is 645 g/mol. The number of hydrogen-bond acceptors (Lipinski definition) is 8. The SMILES string of the molecule is CC(=O)Nc1ncc(CN2CCC(c3ccccc3)CC2)s1.CCC(=O)Nc1ncc(CN2CCC(c3ccccc3)CC2)s1. The van der Waals surface area contributed by atoms with Gasteiger partial charge in [0.1, 0.15) is 0 Å². The number of benzene rings is 2. The molecule has 6 rings (SSSR count). The molecule has 2 aliphatic rings. The van der Waals surface area contributed by atoms with E-state index < -0.39 is 0 Å². The van der Waals surface area contributed by atoms with E-state index in [-0.39, 0.29) is 11.8 Å². The third kappa shape index (κ3) is 10.3. The van der Waals surface area contributed by atoms with E-state index >= 15 is 0 Å². The summed E-state index contributed by atoms with van der Waals surface area (Å²) in [5, 5.41) is 6.98. The van der Waals surface area contributed by atoms with Gasteiger partial charge >= 0.3 is 0 Å². The lowest BCUT2D eigenvalue weighted by Crippen LogP contribution is -2.32. The average Bonchev–Trinajstić information content (AvgIpc) is 3.71. The Morgan fingerprint density at radius 2 is 1.13 bits per heavy atom. The molecule has 0 saturated carbocycles. The molecule has 2 N–H and O–H groups in total. The third-order valence-corrected chi connectivity index (χ3v) is 10.2. The van der Waals surface area contributed by atoms with Gasteiger partial charge in [-0.25, -0.2) is 9.97 Å². The zero-order valence-corrected chi connectivity index (χ0v) is 27.9. The van der Waals surface area contributed by atoms with Gasteiger partial charge < -0.3 is 10.6 Å². The molecule has 4 aromatic rings. The Kier molecular flexibility index (Phi) is 12.3. The van der Waals surface area contributed by atoms with E-state index in [0.29, 0.717) is 28.5 Å². The van der Waals surface area contributed by atoms with Crippen molar-refractivity contribution in [3.8, 4) is 0 Å². The summed E-state index contributed by atoms with van der Waals surface area (Å²) in [6.07, 6.45) is 9.09. The molecule has 4 heterocycles. The van der Waals surface area contributed by atoms with Gasteiger partial charge in [-0.2, -0.15) is 0 Å².